The topological polar surface area (TPSA) is 71.5 Å². The quantitative estimate of drug-likeness (QED) is 0.793. The number of nitrogens with zero attached hydrogens (tertiary/aromatic N) is 1. The van der Waals surface area contributed by atoms with E-state index in [4.69, 9.17) is 0 Å². The van der Waals surface area contributed by atoms with Gasteiger partial charge < -0.3 is 15.2 Å². The zero-order valence-electron chi connectivity index (χ0n) is 11.8. The van der Waals surface area contributed by atoms with Gasteiger partial charge in [-0.2, -0.15) is 0 Å². The maximum absolute atomic E-state index is 11.5. The van der Waals surface area contributed by atoms with Gasteiger partial charge in [-0.25, -0.2) is 9.78 Å². The van der Waals surface area contributed by atoms with Gasteiger partial charge in [0.15, 0.2) is 0 Å². The van der Waals surface area contributed by atoms with Gasteiger partial charge in [-0.3, -0.25) is 0 Å². The van der Waals surface area contributed by atoms with Crippen LogP contribution in [0.25, 0.3) is 0 Å². The van der Waals surface area contributed by atoms with Gasteiger partial charge in [0, 0.05) is 11.9 Å². The first kappa shape index (κ1) is 15.0. The number of aromatic nitrogens is 1. The molecule has 1 aromatic heterocycles. The summed E-state index contributed by atoms with van der Waals surface area (Å²) in [7, 11) is 1.32. The summed E-state index contributed by atoms with van der Waals surface area (Å²) >= 11 is 0. The maximum atomic E-state index is 11.5. The highest BCUT2D eigenvalue weighted by atomic mass is 16.5. The first-order valence-electron chi connectivity index (χ1n) is 6.68. The Hall–Kier alpha value is -2.40. The van der Waals surface area contributed by atoms with Crippen LogP contribution in [0.2, 0.25) is 0 Å². The number of anilines is 1. The molecule has 1 heterocycles. The smallest absolute Gasteiger partial charge is 0.356 e. The number of hydrogen-bond donors (Lipinski definition) is 2. The molecule has 5 nitrogen and oxygen atoms in total. The second kappa shape index (κ2) is 7.40. The fraction of sp³-hybridized carbons (Fsp3) is 0.250. The molecule has 0 aliphatic heterocycles. The van der Waals surface area contributed by atoms with Gasteiger partial charge in [-0.15, -0.1) is 0 Å². The van der Waals surface area contributed by atoms with Crippen LogP contribution in [0.4, 0.5) is 5.69 Å². The second-order valence-corrected chi connectivity index (χ2v) is 4.63. The molecule has 0 radical (unpaired) electrons. The van der Waals surface area contributed by atoms with Gasteiger partial charge in [-0.05, 0) is 24.1 Å². The van der Waals surface area contributed by atoms with Crippen LogP contribution in [0.5, 0.6) is 0 Å². The van der Waals surface area contributed by atoms with E-state index in [1.807, 2.05) is 30.3 Å². The zero-order chi connectivity index (χ0) is 15.1. The Morgan fingerprint density at radius 2 is 2.10 bits per heavy atom. The number of benzene rings is 1. The number of rotatable bonds is 6. The van der Waals surface area contributed by atoms with Crippen molar-refractivity contribution >= 4 is 11.7 Å². The van der Waals surface area contributed by atoms with Crippen molar-refractivity contribution in [3.8, 4) is 0 Å². The summed E-state index contributed by atoms with van der Waals surface area (Å²) < 4.78 is 4.64. The Morgan fingerprint density at radius 1 is 1.33 bits per heavy atom. The molecular weight excluding hydrogens is 268 g/mol. The van der Waals surface area contributed by atoms with Gasteiger partial charge in [0.05, 0.1) is 19.8 Å². The van der Waals surface area contributed by atoms with E-state index in [1.54, 1.807) is 12.1 Å². The number of esters is 1. The molecule has 2 rings (SSSR count). The number of nitrogens with one attached hydrogen (secondary N) is 1. The molecule has 0 aliphatic rings. The lowest BCUT2D eigenvalue weighted by Gasteiger charge is -2.18. The molecule has 5 heteroatoms. The van der Waals surface area contributed by atoms with E-state index in [1.165, 1.54) is 13.3 Å². The molecule has 0 aliphatic carbocycles. The highest BCUT2D eigenvalue weighted by Gasteiger charge is 2.11. The predicted molar refractivity (Wildman–Crippen MR) is 80.2 cm³/mol. The van der Waals surface area contributed by atoms with Crippen LogP contribution in [0.3, 0.4) is 0 Å². The van der Waals surface area contributed by atoms with Crippen molar-refractivity contribution in [3.05, 3.63) is 59.9 Å². The normalized spacial score (nSPS) is 11.7. The lowest BCUT2D eigenvalue weighted by atomic mass is 10.1. The third-order valence-electron chi connectivity index (χ3n) is 3.07. The monoisotopic (exact) mass is 286 g/mol. The number of carbonyl (C=O) groups is 1. The summed E-state index contributed by atoms with van der Waals surface area (Å²) in [6.45, 7) is -0.00915. The van der Waals surface area contributed by atoms with E-state index in [0.29, 0.717) is 6.42 Å². The molecule has 0 saturated carbocycles. The highest BCUT2D eigenvalue weighted by molar-refractivity contribution is 5.88. The molecule has 0 saturated heterocycles. The fourth-order valence-electron chi connectivity index (χ4n) is 2.03. The van der Waals surface area contributed by atoms with E-state index >= 15 is 0 Å². The lowest BCUT2D eigenvalue weighted by molar-refractivity contribution is 0.0594. The van der Waals surface area contributed by atoms with Crippen molar-refractivity contribution in [1.82, 2.24) is 4.98 Å². The zero-order valence-corrected chi connectivity index (χ0v) is 11.8. The summed E-state index contributed by atoms with van der Waals surface area (Å²) in [5.74, 6) is -0.484. The standard InChI is InChI=1S/C16H18N2O3/c1-21-16(20)15-10-13(7-8-17-15)18-14(11-19)9-12-5-3-2-4-6-12/h2-8,10,14,19H,9,11H2,1H3,(H,17,18). The summed E-state index contributed by atoms with van der Waals surface area (Å²) in [6.07, 6.45) is 2.22. The van der Waals surface area contributed by atoms with Crippen LogP contribution in [-0.2, 0) is 11.2 Å². The van der Waals surface area contributed by atoms with E-state index in [9.17, 15) is 9.90 Å². The van der Waals surface area contributed by atoms with E-state index in [2.05, 4.69) is 15.0 Å². The van der Waals surface area contributed by atoms with Crippen LogP contribution >= 0.6 is 0 Å². The SMILES string of the molecule is COC(=O)c1cc(NC(CO)Cc2ccccc2)ccn1. The Labute approximate surface area is 123 Å². The Balaban J connectivity index is 2.06. The van der Waals surface area contributed by atoms with Crippen molar-refractivity contribution in [2.24, 2.45) is 0 Å². The minimum atomic E-state index is -0.484. The molecular formula is C16H18N2O3. The van der Waals surface area contributed by atoms with Crippen LogP contribution < -0.4 is 5.32 Å². The third-order valence-corrected chi connectivity index (χ3v) is 3.07. The van der Waals surface area contributed by atoms with Gasteiger partial charge in [-0.1, -0.05) is 30.3 Å². The number of aliphatic hydroxyl groups excluding tert-OH is 1. The minimum absolute atomic E-state index is 0.00915. The predicted octanol–water partition coefficient (Wildman–Crippen LogP) is 1.88. The second-order valence-electron chi connectivity index (χ2n) is 4.63. The van der Waals surface area contributed by atoms with E-state index < -0.39 is 5.97 Å². The number of ether oxygens (including phenoxy) is 1. The molecule has 1 aromatic carbocycles. The van der Waals surface area contributed by atoms with Gasteiger partial charge in [0.25, 0.3) is 0 Å². The summed E-state index contributed by atoms with van der Waals surface area (Å²) in [6, 6.07) is 13.1. The van der Waals surface area contributed by atoms with E-state index in [-0.39, 0.29) is 18.3 Å². The summed E-state index contributed by atoms with van der Waals surface area (Å²) in [5, 5.41) is 12.7. The van der Waals surface area contributed by atoms with Crippen LogP contribution in [0, 0.1) is 0 Å². The largest absolute Gasteiger partial charge is 0.464 e. The molecule has 0 spiro atoms. The Bertz CT molecular complexity index is 587. The lowest BCUT2D eigenvalue weighted by Crippen LogP contribution is -2.26. The number of pyridine rings is 1. The van der Waals surface area contributed by atoms with Crippen molar-refractivity contribution in [2.75, 3.05) is 19.0 Å². The number of methoxy groups -OCH3 is 1. The first-order chi connectivity index (χ1) is 10.2. The number of hydrogen-bond acceptors (Lipinski definition) is 5. The van der Waals surface area contributed by atoms with Crippen LogP contribution in [0.1, 0.15) is 16.1 Å². The van der Waals surface area contributed by atoms with Gasteiger partial charge >= 0.3 is 5.97 Å². The average molecular weight is 286 g/mol. The van der Waals surface area contributed by atoms with Crippen LogP contribution in [-0.4, -0.2) is 35.8 Å². The molecule has 1 atom stereocenters. The summed E-state index contributed by atoms with van der Waals surface area (Å²) in [4.78, 5) is 15.4. The molecule has 1 unspecified atom stereocenters. The molecule has 0 fully saturated rings. The third kappa shape index (κ3) is 4.29. The number of carbonyl (C=O) groups excluding carboxylic acids is 1. The maximum Gasteiger partial charge on any atom is 0.356 e. The molecule has 0 amide bonds. The molecule has 110 valence electrons. The van der Waals surface area contributed by atoms with Gasteiger partial charge in [0.1, 0.15) is 5.69 Å². The van der Waals surface area contributed by atoms with Gasteiger partial charge in [0.2, 0.25) is 0 Å². The average Bonchev–Trinajstić information content (AvgIpc) is 2.54. The van der Waals surface area contributed by atoms with Crippen molar-refractivity contribution < 1.29 is 14.6 Å². The number of aliphatic hydroxyl groups is 1. The Morgan fingerprint density at radius 3 is 2.76 bits per heavy atom. The molecule has 0 bridgehead atoms. The molecule has 21 heavy (non-hydrogen) atoms. The van der Waals surface area contributed by atoms with Crippen LogP contribution in [0.15, 0.2) is 48.7 Å². The van der Waals surface area contributed by atoms with Crippen molar-refractivity contribution in [3.63, 3.8) is 0 Å². The fourth-order valence-corrected chi connectivity index (χ4v) is 2.03. The highest BCUT2D eigenvalue weighted by Crippen LogP contribution is 2.12. The van der Waals surface area contributed by atoms with Crippen molar-refractivity contribution in [1.29, 1.82) is 0 Å². The first-order valence-corrected chi connectivity index (χ1v) is 6.68. The van der Waals surface area contributed by atoms with E-state index in [0.717, 1.165) is 11.3 Å². The molecule has 2 aromatic rings. The summed E-state index contributed by atoms with van der Waals surface area (Å²) in [5.41, 5.74) is 2.09. The Kier molecular flexibility index (Phi) is 5.29. The minimum Gasteiger partial charge on any atom is -0.464 e. The molecule has 2 N–H and O–H groups in total. The van der Waals surface area contributed by atoms with Crippen molar-refractivity contribution in [2.45, 2.75) is 12.5 Å².